The molecular formula is C22H23FO4S. The minimum atomic E-state index is -1.27. The van der Waals surface area contributed by atoms with Gasteiger partial charge in [-0.15, -0.1) is 11.8 Å². The van der Waals surface area contributed by atoms with Crippen molar-refractivity contribution >= 4 is 17.7 Å². The van der Waals surface area contributed by atoms with Gasteiger partial charge in [0.1, 0.15) is 5.75 Å². The number of aliphatic hydroxyl groups is 1. The Morgan fingerprint density at radius 3 is 2.29 bits per heavy atom. The summed E-state index contributed by atoms with van der Waals surface area (Å²) in [5.74, 6) is 0.0682. The van der Waals surface area contributed by atoms with Crippen molar-refractivity contribution in [2.75, 3.05) is 5.75 Å². The van der Waals surface area contributed by atoms with Gasteiger partial charge in [-0.2, -0.15) is 0 Å². The highest BCUT2D eigenvalue weighted by atomic mass is 32.2. The highest BCUT2D eigenvalue weighted by Gasteiger charge is 2.14. The molecule has 1 N–H and O–H groups in total. The fraction of sp³-hybridized carbons (Fsp3) is 0.227. The Kier molecular flexibility index (Phi) is 7.43. The van der Waals surface area contributed by atoms with Crippen LogP contribution < -0.4 is 9.47 Å². The van der Waals surface area contributed by atoms with E-state index in [4.69, 9.17) is 9.47 Å². The van der Waals surface area contributed by atoms with E-state index in [-0.39, 0.29) is 5.75 Å². The normalized spacial score (nSPS) is 11.6. The van der Waals surface area contributed by atoms with Gasteiger partial charge in [0.25, 0.3) is 0 Å². The molecule has 1 atom stereocenters. The molecule has 0 saturated carbocycles. The summed E-state index contributed by atoms with van der Waals surface area (Å²) in [6.45, 7) is 12.3. The summed E-state index contributed by atoms with van der Waals surface area (Å²) >= 11 is 1.52. The number of thioether (sulfide) groups is 1. The van der Waals surface area contributed by atoms with Gasteiger partial charge in [0, 0.05) is 5.57 Å². The molecule has 0 spiro atoms. The lowest BCUT2D eigenvalue weighted by atomic mass is 10.1. The quantitative estimate of drug-likeness (QED) is 0.161. The number of benzene rings is 2. The summed E-state index contributed by atoms with van der Waals surface area (Å²) in [5, 5.41) is 9.69. The van der Waals surface area contributed by atoms with Gasteiger partial charge >= 0.3 is 5.97 Å². The van der Waals surface area contributed by atoms with Gasteiger partial charge in [0.15, 0.2) is 11.6 Å². The molecule has 0 aliphatic carbocycles. The average molecular weight is 402 g/mol. The summed E-state index contributed by atoms with van der Waals surface area (Å²) in [6, 6.07) is 9.75. The highest BCUT2D eigenvalue weighted by molar-refractivity contribution is 7.99. The second kappa shape index (κ2) is 9.57. The van der Waals surface area contributed by atoms with Crippen molar-refractivity contribution in [2.45, 2.75) is 32.0 Å². The third-order valence-electron chi connectivity index (χ3n) is 3.72. The van der Waals surface area contributed by atoms with Crippen LogP contribution in [0.1, 0.15) is 20.8 Å². The molecule has 28 heavy (non-hydrogen) atoms. The minimum absolute atomic E-state index is 0.0607. The smallest absolute Gasteiger partial charge is 0.338 e. The number of hydrogen-bond acceptors (Lipinski definition) is 5. The summed E-state index contributed by atoms with van der Waals surface area (Å²) < 4.78 is 24.9. The van der Waals surface area contributed by atoms with Gasteiger partial charge in [-0.3, -0.25) is 0 Å². The van der Waals surface area contributed by atoms with Crippen LogP contribution in [0.3, 0.4) is 0 Å². The predicted octanol–water partition coefficient (Wildman–Crippen LogP) is 5.36. The largest absolute Gasteiger partial charge is 0.458 e. The molecule has 0 aliphatic rings. The third kappa shape index (κ3) is 5.47. The number of rotatable bonds is 8. The van der Waals surface area contributed by atoms with E-state index in [0.717, 1.165) is 16.2 Å². The van der Waals surface area contributed by atoms with E-state index in [1.807, 2.05) is 13.0 Å². The van der Waals surface area contributed by atoms with E-state index in [1.54, 1.807) is 32.0 Å². The van der Waals surface area contributed by atoms with Crippen LogP contribution in [0.25, 0.3) is 11.1 Å². The number of halogens is 1. The van der Waals surface area contributed by atoms with Gasteiger partial charge in [-0.05, 0) is 60.6 Å². The zero-order chi connectivity index (χ0) is 20.8. The standard InChI is InChI=1S/C22H23FO4S/c1-6-28-20-12-16(8-10-19(20)27-22(25)14(4)5)15-7-9-18(17(23)11-15)26-21(24)13(2)3/h7-12,21,24H,2,4,6H2,1,3,5H3. The van der Waals surface area contributed by atoms with Gasteiger partial charge < -0.3 is 14.6 Å². The molecule has 0 amide bonds. The van der Waals surface area contributed by atoms with E-state index < -0.39 is 18.1 Å². The second-order valence-electron chi connectivity index (χ2n) is 6.23. The first-order chi connectivity index (χ1) is 13.2. The van der Waals surface area contributed by atoms with E-state index in [0.29, 0.717) is 22.5 Å². The van der Waals surface area contributed by atoms with E-state index >= 15 is 0 Å². The second-order valence-corrected chi connectivity index (χ2v) is 7.53. The number of ether oxygens (including phenoxy) is 2. The lowest BCUT2D eigenvalue weighted by molar-refractivity contribution is -0.130. The van der Waals surface area contributed by atoms with Crippen LogP contribution in [-0.4, -0.2) is 23.1 Å². The zero-order valence-electron chi connectivity index (χ0n) is 16.1. The van der Waals surface area contributed by atoms with Gasteiger partial charge in [0.05, 0.1) is 4.90 Å². The van der Waals surface area contributed by atoms with Crippen LogP contribution >= 0.6 is 11.8 Å². The van der Waals surface area contributed by atoms with E-state index in [9.17, 15) is 14.3 Å². The molecule has 6 heteroatoms. The van der Waals surface area contributed by atoms with Crippen molar-refractivity contribution in [3.05, 3.63) is 66.5 Å². The van der Waals surface area contributed by atoms with Gasteiger partial charge in [0.2, 0.25) is 6.29 Å². The maximum atomic E-state index is 14.4. The molecule has 4 nitrogen and oxygen atoms in total. The Hall–Kier alpha value is -2.57. The van der Waals surface area contributed by atoms with Crippen LogP contribution in [0.4, 0.5) is 4.39 Å². The molecule has 148 valence electrons. The Labute approximate surface area is 168 Å². The first-order valence-corrected chi connectivity index (χ1v) is 9.66. The molecule has 1 unspecified atom stereocenters. The van der Waals surface area contributed by atoms with Crippen molar-refractivity contribution < 1.29 is 23.8 Å². The number of aliphatic hydroxyl groups excluding tert-OH is 1. The fourth-order valence-corrected chi connectivity index (χ4v) is 3.00. The lowest BCUT2D eigenvalue weighted by Crippen LogP contribution is -2.16. The van der Waals surface area contributed by atoms with Crippen molar-refractivity contribution in [1.82, 2.24) is 0 Å². The number of carbonyl (C=O) groups is 1. The third-order valence-corrected chi connectivity index (χ3v) is 4.64. The molecule has 0 heterocycles. The molecule has 0 bridgehead atoms. The molecule has 0 aromatic heterocycles. The first-order valence-electron chi connectivity index (χ1n) is 8.67. The summed E-state index contributed by atoms with van der Waals surface area (Å²) in [4.78, 5) is 12.6. The molecule has 2 aromatic carbocycles. The Morgan fingerprint density at radius 1 is 1.14 bits per heavy atom. The monoisotopic (exact) mass is 402 g/mol. The molecule has 0 fully saturated rings. The van der Waals surface area contributed by atoms with Crippen molar-refractivity contribution in [2.24, 2.45) is 0 Å². The molecule has 0 aliphatic heterocycles. The molecule has 0 saturated heterocycles. The van der Waals surface area contributed by atoms with Crippen LogP contribution in [0.5, 0.6) is 11.5 Å². The summed E-state index contributed by atoms with van der Waals surface area (Å²) in [5.41, 5.74) is 2.08. The van der Waals surface area contributed by atoms with Gasteiger partial charge in [-0.25, -0.2) is 9.18 Å². The topological polar surface area (TPSA) is 55.8 Å². The Bertz CT molecular complexity index is 907. The predicted molar refractivity (Wildman–Crippen MR) is 110 cm³/mol. The van der Waals surface area contributed by atoms with Crippen molar-refractivity contribution in [3.8, 4) is 22.6 Å². The number of esters is 1. The molecule has 0 radical (unpaired) electrons. The average Bonchev–Trinajstić information content (AvgIpc) is 2.64. The van der Waals surface area contributed by atoms with Crippen LogP contribution in [0, 0.1) is 5.82 Å². The number of carbonyl (C=O) groups excluding carboxylic acids is 1. The Balaban J connectivity index is 2.33. The zero-order valence-corrected chi connectivity index (χ0v) is 16.9. The van der Waals surface area contributed by atoms with E-state index in [2.05, 4.69) is 13.2 Å². The van der Waals surface area contributed by atoms with Crippen molar-refractivity contribution in [3.63, 3.8) is 0 Å². The minimum Gasteiger partial charge on any atom is -0.458 e. The maximum absolute atomic E-state index is 14.4. The lowest BCUT2D eigenvalue weighted by Gasteiger charge is -2.15. The molecular weight excluding hydrogens is 379 g/mol. The number of hydrogen-bond donors (Lipinski definition) is 1. The molecule has 2 rings (SSSR count). The summed E-state index contributed by atoms with van der Waals surface area (Å²) in [7, 11) is 0. The first kappa shape index (κ1) is 21.7. The fourth-order valence-electron chi connectivity index (χ4n) is 2.22. The Morgan fingerprint density at radius 2 is 1.75 bits per heavy atom. The van der Waals surface area contributed by atoms with Gasteiger partial charge in [-0.1, -0.05) is 32.2 Å². The van der Waals surface area contributed by atoms with Crippen LogP contribution in [0.2, 0.25) is 0 Å². The summed E-state index contributed by atoms with van der Waals surface area (Å²) in [6.07, 6.45) is -1.27. The van der Waals surface area contributed by atoms with Crippen LogP contribution in [-0.2, 0) is 4.79 Å². The maximum Gasteiger partial charge on any atom is 0.338 e. The van der Waals surface area contributed by atoms with Crippen LogP contribution in [0.15, 0.2) is 65.6 Å². The molecule has 2 aromatic rings. The SMILES string of the molecule is C=C(C)C(=O)Oc1ccc(-c2ccc(OC(O)C(=C)C)c(F)c2)cc1SCC. The van der Waals surface area contributed by atoms with E-state index in [1.165, 1.54) is 23.9 Å². The highest BCUT2D eigenvalue weighted by Crippen LogP contribution is 2.35. The van der Waals surface area contributed by atoms with Crippen molar-refractivity contribution in [1.29, 1.82) is 0 Å².